The number of nitrogens with one attached hydrogen (secondary N) is 2. The Bertz CT molecular complexity index is 514. The Morgan fingerprint density at radius 1 is 1.25 bits per heavy atom. The van der Waals surface area contributed by atoms with Gasteiger partial charge in [-0.15, -0.1) is 0 Å². The molecule has 0 aliphatic carbocycles. The van der Waals surface area contributed by atoms with Crippen LogP contribution >= 0.6 is 11.6 Å². The molecule has 24 heavy (non-hydrogen) atoms. The van der Waals surface area contributed by atoms with Crippen LogP contribution in [0.4, 0.5) is 0 Å². The van der Waals surface area contributed by atoms with E-state index < -0.39 is 0 Å². The predicted octanol–water partition coefficient (Wildman–Crippen LogP) is 2.53. The number of rotatable bonds is 6. The van der Waals surface area contributed by atoms with Gasteiger partial charge in [0.1, 0.15) is 0 Å². The van der Waals surface area contributed by atoms with Crippen molar-refractivity contribution in [3.05, 3.63) is 34.9 Å². The average Bonchev–Trinajstić information content (AvgIpc) is 2.60. The second-order valence-electron chi connectivity index (χ2n) is 6.39. The van der Waals surface area contributed by atoms with E-state index in [0.29, 0.717) is 5.92 Å². The quantitative estimate of drug-likeness (QED) is 0.610. The van der Waals surface area contributed by atoms with Crippen molar-refractivity contribution in [1.29, 1.82) is 0 Å². The zero-order valence-electron chi connectivity index (χ0n) is 14.9. The van der Waals surface area contributed by atoms with Crippen LogP contribution in [0.25, 0.3) is 0 Å². The van der Waals surface area contributed by atoms with Crippen LogP contribution in [0.5, 0.6) is 0 Å². The zero-order valence-corrected chi connectivity index (χ0v) is 15.6. The molecule has 1 aliphatic heterocycles. The number of halogens is 1. The van der Waals surface area contributed by atoms with Crippen LogP contribution in [0.15, 0.2) is 29.3 Å². The molecule has 0 aromatic heterocycles. The molecule has 134 valence electrons. The van der Waals surface area contributed by atoms with Crippen molar-refractivity contribution in [3.8, 4) is 0 Å². The van der Waals surface area contributed by atoms with Gasteiger partial charge in [0.15, 0.2) is 5.96 Å². The first-order valence-corrected chi connectivity index (χ1v) is 8.99. The first-order chi connectivity index (χ1) is 11.6. The number of morpholine rings is 1. The number of hydrogen-bond donors (Lipinski definition) is 2. The Labute approximate surface area is 150 Å². The van der Waals surface area contributed by atoms with Gasteiger partial charge in [0, 0.05) is 38.2 Å². The third kappa shape index (κ3) is 6.30. The van der Waals surface area contributed by atoms with Gasteiger partial charge in [0.2, 0.25) is 0 Å². The molecule has 0 amide bonds. The summed E-state index contributed by atoms with van der Waals surface area (Å²) in [5, 5.41) is 7.60. The first kappa shape index (κ1) is 19.0. The Balaban J connectivity index is 1.76. The number of nitrogens with zero attached hydrogens (tertiary/aromatic N) is 2. The number of benzene rings is 1. The smallest absolute Gasteiger partial charge is 0.191 e. The Kier molecular flexibility index (Phi) is 7.82. The Morgan fingerprint density at radius 3 is 2.54 bits per heavy atom. The minimum absolute atomic E-state index is 0.169. The van der Waals surface area contributed by atoms with E-state index in [0.717, 1.165) is 50.4 Å². The van der Waals surface area contributed by atoms with Crippen molar-refractivity contribution in [1.82, 2.24) is 15.5 Å². The Hall–Kier alpha value is -1.30. The van der Waals surface area contributed by atoms with Crippen LogP contribution in [0.3, 0.4) is 0 Å². The second-order valence-corrected chi connectivity index (χ2v) is 6.83. The van der Waals surface area contributed by atoms with Crippen LogP contribution < -0.4 is 10.6 Å². The second kappa shape index (κ2) is 9.87. The molecule has 2 atom stereocenters. The van der Waals surface area contributed by atoms with E-state index in [4.69, 9.17) is 16.3 Å². The monoisotopic (exact) mass is 352 g/mol. The summed E-state index contributed by atoms with van der Waals surface area (Å²) in [6.07, 6.45) is 0. The molecule has 5 nitrogen and oxygen atoms in total. The summed E-state index contributed by atoms with van der Waals surface area (Å²) in [5.41, 5.74) is 1.18. The highest BCUT2D eigenvalue weighted by molar-refractivity contribution is 6.30. The Morgan fingerprint density at radius 2 is 1.92 bits per heavy atom. The maximum Gasteiger partial charge on any atom is 0.191 e. The van der Waals surface area contributed by atoms with E-state index in [1.807, 2.05) is 24.3 Å². The standard InChI is InChI=1S/C18H29ClN4O/c1-14(13-23-8-10-24-11-9-23)12-21-18(20-3)22-15(2)16-4-6-17(19)7-5-16/h4-7,14-15H,8-13H2,1-3H3,(H2,20,21,22). The fourth-order valence-corrected chi connectivity index (χ4v) is 2.92. The molecule has 2 rings (SSSR count). The van der Waals surface area contributed by atoms with Crippen LogP contribution in [0.1, 0.15) is 25.5 Å². The molecule has 0 radical (unpaired) electrons. The lowest BCUT2D eigenvalue weighted by Crippen LogP contribution is -2.44. The summed E-state index contributed by atoms with van der Waals surface area (Å²) in [6.45, 7) is 10.1. The largest absolute Gasteiger partial charge is 0.379 e. The lowest BCUT2D eigenvalue weighted by atomic mass is 10.1. The van der Waals surface area contributed by atoms with Crippen LogP contribution in [-0.2, 0) is 4.74 Å². The third-order valence-corrected chi connectivity index (χ3v) is 4.49. The summed E-state index contributed by atoms with van der Waals surface area (Å²) in [6, 6.07) is 8.07. The average molecular weight is 353 g/mol. The first-order valence-electron chi connectivity index (χ1n) is 8.61. The molecule has 0 bridgehead atoms. The van der Waals surface area contributed by atoms with Gasteiger partial charge < -0.3 is 15.4 Å². The lowest BCUT2D eigenvalue weighted by Gasteiger charge is -2.29. The zero-order chi connectivity index (χ0) is 17.4. The number of guanidine groups is 1. The lowest BCUT2D eigenvalue weighted by molar-refractivity contribution is 0.0320. The molecule has 1 fully saturated rings. The number of ether oxygens (including phenoxy) is 1. The van der Waals surface area contributed by atoms with Crippen molar-refractivity contribution in [3.63, 3.8) is 0 Å². The van der Waals surface area contributed by atoms with E-state index in [-0.39, 0.29) is 6.04 Å². The van der Waals surface area contributed by atoms with Gasteiger partial charge in [-0.2, -0.15) is 0 Å². The topological polar surface area (TPSA) is 48.9 Å². The number of hydrogen-bond acceptors (Lipinski definition) is 3. The van der Waals surface area contributed by atoms with Crippen molar-refractivity contribution in [2.24, 2.45) is 10.9 Å². The van der Waals surface area contributed by atoms with Crippen molar-refractivity contribution in [2.45, 2.75) is 19.9 Å². The molecule has 2 unspecified atom stereocenters. The van der Waals surface area contributed by atoms with E-state index in [1.165, 1.54) is 5.56 Å². The number of aliphatic imine (C=N–C) groups is 1. The van der Waals surface area contributed by atoms with Gasteiger partial charge in [0.25, 0.3) is 0 Å². The molecule has 1 aromatic carbocycles. The van der Waals surface area contributed by atoms with E-state index in [2.05, 4.69) is 34.4 Å². The maximum atomic E-state index is 5.95. The van der Waals surface area contributed by atoms with Gasteiger partial charge in [0.05, 0.1) is 19.3 Å². The van der Waals surface area contributed by atoms with Crippen molar-refractivity contribution in [2.75, 3.05) is 46.4 Å². The molecular formula is C18H29ClN4O. The van der Waals surface area contributed by atoms with Gasteiger partial charge in [-0.3, -0.25) is 9.89 Å². The van der Waals surface area contributed by atoms with Gasteiger partial charge >= 0.3 is 0 Å². The van der Waals surface area contributed by atoms with Gasteiger partial charge in [-0.25, -0.2) is 0 Å². The third-order valence-electron chi connectivity index (χ3n) is 4.24. The SMILES string of the molecule is CN=C(NCC(C)CN1CCOCC1)NC(C)c1ccc(Cl)cc1. The molecule has 0 saturated carbocycles. The summed E-state index contributed by atoms with van der Waals surface area (Å²) in [7, 11) is 1.80. The molecular weight excluding hydrogens is 324 g/mol. The molecule has 0 spiro atoms. The molecule has 6 heteroatoms. The highest BCUT2D eigenvalue weighted by atomic mass is 35.5. The minimum Gasteiger partial charge on any atom is -0.379 e. The summed E-state index contributed by atoms with van der Waals surface area (Å²) >= 11 is 5.95. The van der Waals surface area contributed by atoms with Crippen LogP contribution in [0.2, 0.25) is 5.02 Å². The van der Waals surface area contributed by atoms with Gasteiger partial charge in [-0.05, 0) is 30.5 Å². The normalized spacial score (nSPS) is 18.9. The highest BCUT2D eigenvalue weighted by Gasteiger charge is 2.14. The highest BCUT2D eigenvalue weighted by Crippen LogP contribution is 2.15. The minimum atomic E-state index is 0.169. The van der Waals surface area contributed by atoms with Crippen LogP contribution in [-0.4, -0.2) is 57.3 Å². The molecule has 2 N–H and O–H groups in total. The van der Waals surface area contributed by atoms with E-state index in [9.17, 15) is 0 Å². The fraction of sp³-hybridized carbons (Fsp3) is 0.611. The summed E-state index contributed by atoms with van der Waals surface area (Å²) < 4.78 is 5.40. The molecule has 1 heterocycles. The van der Waals surface area contributed by atoms with Crippen molar-refractivity contribution < 1.29 is 4.74 Å². The summed E-state index contributed by atoms with van der Waals surface area (Å²) in [4.78, 5) is 6.79. The molecule has 1 aromatic rings. The van der Waals surface area contributed by atoms with E-state index in [1.54, 1.807) is 7.05 Å². The fourth-order valence-electron chi connectivity index (χ4n) is 2.79. The molecule has 1 saturated heterocycles. The van der Waals surface area contributed by atoms with E-state index >= 15 is 0 Å². The van der Waals surface area contributed by atoms with Crippen molar-refractivity contribution >= 4 is 17.6 Å². The maximum absolute atomic E-state index is 5.95. The predicted molar refractivity (Wildman–Crippen MR) is 101 cm³/mol. The molecule has 1 aliphatic rings. The van der Waals surface area contributed by atoms with Crippen LogP contribution in [0, 0.1) is 5.92 Å². The van der Waals surface area contributed by atoms with Gasteiger partial charge in [-0.1, -0.05) is 30.7 Å². The summed E-state index contributed by atoms with van der Waals surface area (Å²) in [5.74, 6) is 1.37.